The second-order valence-corrected chi connectivity index (χ2v) is 18.9. The van der Waals surface area contributed by atoms with Gasteiger partial charge in [-0.3, -0.25) is 14.2 Å². The van der Waals surface area contributed by atoms with E-state index in [4.69, 9.17) is 18.5 Å². The smallest absolute Gasteiger partial charge is 0.306 e. The van der Waals surface area contributed by atoms with E-state index in [9.17, 15) is 19.0 Å². The molecule has 0 aromatic carbocycles. The maximum Gasteiger partial charge on any atom is 0.306 e. The standard InChI is InChI=1S/C51H92NO8P/c1-6-8-10-12-14-16-18-20-22-24-25-26-28-29-31-33-35-37-39-41-43-50(53)57-47-49(48-59-61(55,56)58-46-45-52(3,4)5)60-51(54)44-42-40-38-36-34-32-30-27-23-21-19-17-15-13-11-9-7-2/h9,11,15,17,21,23,30,32,36,38,49H,6-8,10,12-14,16,18-20,22,24-29,31,33-35,37,39-48H2,1-5H3/b11-9+,17-15+,23-21+,32-30+,38-36+/t49-/m1/s1. The highest BCUT2D eigenvalue weighted by molar-refractivity contribution is 7.45. The minimum Gasteiger partial charge on any atom is -0.756 e. The molecule has 0 aromatic heterocycles. The number of phosphoric ester groups is 1. The number of unbranched alkanes of at least 4 members (excludes halogenated alkanes) is 20. The number of phosphoric acid groups is 1. The number of quaternary nitrogens is 1. The molecule has 2 atom stereocenters. The molecule has 0 radical (unpaired) electrons. The summed E-state index contributed by atoms with van der Waals surface area (Å²) in [5, 5.41) is 0. The van der Waals surface area contributed by atoms with E-state index in [-0.39, 0.29) is 26.1 Å². The number of carbonyl (C=O) groups is 2. The molecule has 0 saturated carbocycles. The molecule has 0 N–H and O–H groups in total. The van der Waals surface area contributed by atoms with Crippen LogP contribution in [-0.4, -0.2) is 70.0 Å². The lowest BCUT2D eigenvalue weighted by Gasteiger charge is -2.28. The molecule has 354 valence electrons. The number of hydrogen-bond acceptors (Lipinski definition) is 8. The van der Waals surface area contributed by atoms with Crippen LogP contribution in [0.2, 0.25) is 0 Å². The molecule has 0 amide bonds. The molecule has 0 bridgehead atoms. The minimum atomic E-state index is -4.64. The van der Waals surface area contributed by atoms with Crippen molar-refractivity contribution in [3.05, 3.63) is 60.8 Å². The van der Waals surface area contributed by atoms with Crippen molar-refractivity contribution in [1.82, 2.24) is 0 Å². The average Bonchev–Trinajstić information content (AvgIpc) is 3.21. The van der Waals surface area contributed by atoms with Gasteiger partial charge in [0.2, 0.25) is 0 Å². The summed E-state index contributed by atoms with van der Waals surface area (Å²) < 4.78 is 33.9. The van der Waals surface area contributed by atoms with Crippen LogP contribution in [0.25, 0.3) is 0 Å². The largest absolute Gasteiger partial charge is 0.756 e. The zero-order valence-electron chi connectivity index (χ0n) is 39.8. The fourth-order valence-corrected chi connectivity index (χ4v) is 7.24. The Balaban J connectivity index is 4.34. The van der Waals surface area contributed by atoms with Gasteiger partial charge in [0, 0.05) is 12.8 Å². The van der Waals surface area contributed by atoms with Gasteiger partial charge in [0.1, 0.15) is 19.8 Å². The predicted molar refractivity (Wildman–Crippen MR) is 254 cm³/mol. The van der Waals surface area contributed by atoms with Crippen molar-refractivity contribution in [3.63, 3.8) is 0 Å². The molecule has 0 aliphatic rings. The molecule has 0 rings (SSSR count). The predicted octanol–water partition coefficient (Wildman–Crippen LogP) is 13.8. The molecule has 0 aliphatic carbocycles. The van der Waals surface area contributed by atoms with Gasteiger partial charge in [-0.25, -0.2) is 0 Å². The maximum absolute atomic E-state index is 12.7. The molecule has 0 saturated heterocycles. The van der Waals surface area contributed by atoms with Crippen LogP contribution in [0.1, 0.15) is 200 Å². The van der Waals surface area contributed by atoms with Gasteiger partial charge in [0.25, 0.3) is 7.82 Å². The molecule has 10 heteroatoms. The monoisotopic (exact) mass is 878 g/mol. The van der Waals surface area contributed by atoms with E-state index in [0.29, 0.717) is 23.9 Å². The van der Waals surface area contributed by atoms with Gasteiger partial charge in [0.05, 0.1) is 27.7 Å². The molecule has 0 aromatic rings. The Labute approximate surface area is 375 Å². The Hall–Kier alpha value is -2.29. The zero-order valence-corrected chi connectivity index (χ0v) is 40.7. The number of carbonyl (C=O) groups excluding carboxylic acids is 2. The van der Waals surface area contributed by atoms with E-state index in [1.165, 1.54) is 109 Å². The summed E-state index contributed by atoms with van der Waals surface area (Å²) in [6.07, 6.45) is 52.6. The first-order chi connectivity index (χ1) is 29.5. The first kappa shape index (κ1) is 58.7. The number of allylic oxidation sites excluding steroid dienone is 10. The first-order valence-electron chi connectivity index (χ1n) is 24.5. The summed E-state index contributed by atoms with van der Waals surface area (Å²) in [5.41, 5.74) is 0. The molecular weight excluding hydrogens is 786 g/mol. The quantitative estimate of drug-likeness (QED) is 0.0196. The van der Waals surface area contributed by atoms with Crippen LogP contribution in [0.15, 0.2) is 60.8 Å². The molecule has 61 heavy (non-hydrogen) atoms. The number of hydrogen-bond donors (Lipinski definition) is 0. The Morgan fingerprint density at radius 2 is 0.934 bits per heavy atom. The molecule has 0 spiro atoms. The lowest BCUT2D eigenvalue weighted by Crippen LogP contribution is -2.37. The fraction of sp³-hybridized carbons (Fsp3) is 0.765. The van der Waals surface area contributed by atoms with E-state index in [1.807, 2.05) is 27.2 Å². The zero-order chi connectivity index (χ0) is 45.0. The lowest BCUT2D eigenvalue weighted by molar-refractivity contribution is -0.870. The van der Waals surface area contributed by atoms with Crippen molar-refractivity contribution in [3.8, 4) is 0 Å². The summed E-state index contributed by atoms with van der Waals surface area (Å²) in [6.45, 7) is 4.06. The van der Waals surface area contributed by atoms with E-state index in [0.717, 1.165) is 51.4 Å². The second kappa shape index (κ2) is 43.0. The third-order valence-corrected chi connectivity index (χ3v) is 11.3. The van der Waals surface area contributed by atoms with E-state index < -0.39 is 32.5 Å². The molecule has 0 fully saturated rings. The van der Waals surface area contributed by atoms with Gasteiger partial charge in [-0.1, -0.05) is 197 Å². The molecule has 0 heterocycles. The van der Waals surface area contributed by atoms with Crippen LogP contribution in [0.4, 0.5) is 0 Å². The topological polar surface area (TPSA) is 111 Å². The minimum absolute atomic E-state index is 0.0427. The van der Waals surface area contributed by atoms with Gasteiger partial charge in [-0.15, -0.1) is 0 Å². The van der Waals surface area contributed by atoms with Crippen molar-refractivity contribution in [2.45, 2.75) is 206 Å². The Bertz CT molecular complexity index is 1220. The van der Waals surface area contributed by atoms with Crippen LogP contribution in [0.3, 0.4) is 0 Å². The van der Waals surface area contributed by atoms with E-state index >= 15 is 0 Å². The maximum atomic E-state index is 12.7. The molecule has 9 nitrogen and oxygen atoms in total. The van der Waals surface area contributed by atoms with Crippen LogP contribution >= 0.6 is 7.82 Å². The highest BCUT2D eigenvalue weighted by Gasteiger charge is 2.21. The number of esters is 2. The first-order valence-corrected chi connectivity index (χ1v) is 26.0. The average molecular weight is 878 g/mol. The SMILES string of the molecule is CC/C=C/C/C=C/C/C=C/C/C=C/C/C=C/CCCC(=O)O[C@H](COC(=O)CCCCCCCCCCCCCCCCCCCCCC)COP(=O)([O-])OCC[N+](C)(C)C. The highest BCUT2D eigenvalue weighted by atomic mass is 31.2. The van der Waals surface area contributed by atoms with Crippen molar-refractivity contribution >= 4 is 19.8 Å². The molecule has 0 aliphatic heterocycles. The lowest BCUT2D eigenvalue weighted by atomic mass is 10.0. The van der Waals surface area contributed by atoms with E-state index in [2.05, 4.69) is 68.5 Å². The molecular formula is C51H92NO8P. The Morgan fingerprint density at radius 1 is 0.525 bits per heavy atom. The van der Waals surface area contributed by atoms with Crippen LogP contribution in [0.5, 0.6) is 0 Å². The van der Waals surface area contributed by atoms with Gasteiger partial charge in [-0.05, 0) is 51.4 Å². The summed E-state index contributed by atoms with van der Waals surface area (Å²) in [6, 6.07) is 0. The number of nitrogens with zero attached hydrogens (tertiary/aromatic N) is 1. The van der Waals surface area contributed by atoms with Crippen molar-refractivity contribution in [2.24, 2.45) is 0 Å². The molecule has 1 unspecified atom stereocenters. The van der Waals surface area contributed by atoms with Crippen molar-refractivity contribution < 1.29 is 42.1 Å². The third kappa shape index (κ3) is 47.0. The summed E-state index contributed by atoms with van der Waals surface area (Å²) in [4.78, 5) is 37.6. The van der Waals surface area contributed by atoms with Gasteiger partial charge in [0.15, 0.2) is 6.10 Å². The summed E-state index contributed by atoms with van der Waals surface area (Å²) >= 11 is 0. The Kier molecular flexibility index (Phi) is 41.4. The number of ether oxygens (including phenoxy) is 2. The van der Waals surface area contributed by atoms with Crippen molar-refractivity contribution in [2.75, 3.05) is 47.5 Å². The summed E-state index contributed by atoms with van der Waals surface area (Å²) in [7, 11) is 1.13. The van der Waals surface area contributed by atoms with Gasteiger partial charge >= 0.3 is 11.9 Å². The van der Waals surface area contributed by atoms with Gasteiger partial charge < -0.3 is 27.9 Å². The highest BCUT2D eigenvalue weighted by Crippen LogP contribution is 2.38. The number of likely N-dealkylation sites (N-methyl/N-ethyl adjacent to an activating group) is 1. The van der Waals surface area contributed by atoms with E-state index in [1.54, 1.807) is 0 Å². The van der Waals surface area contributed by atoms with Crippen molar-refractivity contribution in [1.29, 1.82) is 0 Å². The fourth-order valence-electron chi connectivity index (χ4n) is 6.51. The normalized spacial score (nSPS) is 14.0. The second-order valence-electron chi connectivity index (χ2n) is 17.5. The Morgan fingerprint density at radius 3 is 1.38 bits per heavy atom. The number of rotatable bonds is 44. The van der Waals surface area contributed by atoms with Crippen LogP contribution < -0.4 is 4.89 Å². The third-order valence-electron chi connectivity index (χ3n) is 10.3. The summed E-state index contributed by atoms with van der Waals surface area (Å²) in [5.74, 6) is -0.899. The van der Waals surface area contributed by atoms with Crippen LogP contribution in [-0.2, 0) is 32.7 Å². The van der Waals surface area contributed by atoms with Gasteiger partial charge in [-0.2, -0.15) is 0 Å². The van der Waals surface area contributed by atoms with Crippen LogP contribution in [0, 0.1) is 0 Å².